The number of hydrogen-bond acceptors (Lipinski definition) is 2. The number of methoxy groups -OCH3 is 1. The van der Waals surface area contributed by atoms with E-state index in [1.54, 1.807) is 13.2 Å². The van der Waals surface area contributed by atoms with Crippen LogP contribution in [0.2, 0.25) is 0 Å². The van der Waals surface area contributed by atoms with Crippen LogP contribution in [-0.2, 0) is 0 Å². The van der Waals surface area contributed by atoms with Crippen LogP contribution in [0, 0.1) is 6.92 Å². The van der Waals surface area contributed by atoms with Crippen LogP contribution in [0.3, 0.4) is 0 Å². The van der Waals surface area contributed by atoms with Gasteiger partial charge in [0.2, 0.25) is 0 Å². The largest absolute Gasteiger partial charge is 0.496 e. The number of benzene rings is 1. The van der Waals surface area contributed by atoms with E-state index in [1.165, 1.54) is 6.92 Å². The molecule has 2 heteroatoms. The minimum Gasteiger partial charge on any atom is -0.496 e. The lowest BCUT2D eigenvalue weighted by Gasteiger charge is -2.07. The highest BCUT2D eigenvalue weighted by molar-refractivity contribution is 5.97. The van der Waals surface area contributed by atoms with Gasteiger partial charge in [0, 0.05) is 0 Å². The van der Waals surface area contributed by atoms with Gasteiger partial charge in [0.1, 0.15) is 5.75 Å². The molecule has 0 fully saturated rings. The first-order chi connectivity index (χ1) is 5.66. The van der Waals surface area contributed by atoms with E-state index in [1.807, 2.05) is 19.1 Å². The third-order valence-electron chi connectivity index (χ3n) is 1.80. The summed E-state index contributed by atoms with van der Waals surface area (Å²) in [6.45, 7) is 3.46. The number of Topliss-reactive ketones (excluding diaryl/α,β-unsaturated/α-hetero) is 1. The number of carbonyl (C=O) groups excluding carboxylic acids is 1. The van der Waals surface area contributed by atoms with Crippen LogP contribution >= 0.6 is 0 Å². The van der Waals surface area contributed by atoms with Gasteiger partial charge < -0.3 is 4.74 Å². The first-order valence-corrected chi connectivity index (χ1v) is 3.81. The van der Waals surface area contributed by atoms with Crippen LogP contribution in [0.15, 0.2) is 18.2 Å². The molecule has 0 saturated carbocycles. The van der Waals surface area contributed by atoms with Crippen molar-refractivity contribution < 1.29 is 9.53 Å². The van der Waals surface area contributed by atoms with Gasteiger partial charge in [-0.3, -0.25) is 4.79 Å². The molecular formula is C10H12O2. The summed E-state index contributed by atoms with van der Waals surface area (Å²) in [6.07, 6.45) is 0. The minimum atomic E-state index is 0.0375. The van der Waals surface area contributed by atoms with Crippen LogP contribution < -0.4 is 4.74 Å². The number of ketones is 1. The van der Waals surface area contributed by atoms with Crippen LogP contribution in [0.4, 0.5) is 0 Å². The zero-order valence-corrected chi connectivity index (χ0v) is 7.55. The van der Waals surface area contributed by atoms with Crippen LogP contribution in [0.1, 0.15) is 22.8 Å². The number of ether oxygens (including phenoxy) is 1. The second-order valence-corrected chi connectivity index (χ2v) is 2.71. The Kier molecular flexibility index (Phi) is 2.48. The molecule has 0 atom stereocenters. The van der Waals surface area contributed by atoms with E-state index < -0.39 is 0 Å². The number of para-hydroxylation sites is 1. The van der Waals surface area contributed by atoms with Crippen molar-refractivity contribution in [3.05, 3.63) is 29.3 Å². The first kappa shape index (κ1) is 8.78. The quantitative estimate of drug-likeness (QED) is 0.626. The summed E-state index contributed by atoms with van der Waals surface area (Å²) in [5, 5.41) is 0. The Balaban J connectivity index is 3.27. The molecule has 0 heterocycles. The van der Waals surface area contributed by atoms with Crippen molar-refractivity contribution in [3.8, 4) is 5.75 Å². The maximum Gasteiger partial charge on any atom is 0.163 e. The van der Waals surface area contributed by atoms with Gasteiger partial charge in [-0.05, 0) is 25.5 Å². The molecule has 0 amide bonds. The fraction of sp³-hybridized carbons (Fsp3) is 0.300. The average Bonchev–Trinajstić information content (AvgIpc) is 2.03. The predicted molar refractivity (Wildman–Crippen MR) is 47.7 cm³/mol. The Morgan fingerprint density at radius 1 is 1.42 bits per heavy atom. The van der Waals surface area contributed by atoms with Crippen molar-refractivity contribution in [1.82, 2.24) is 0 Å². The molecule has 1 aromatic rings. The average molecular weight is 164 g/mol. The van der Waals surface area contributed by atoms with Crippen LogP contribution in [0.25, 0.3) is 0 Å². The Labute approximate surface area is 72.2 Å². The third kappa shape index (κ3) is 1.47. The number of carbonyl (C=O) groups is 1. The van der Waals surface area contributed by atoms with Crippen molar-refractivity contribution in [2.24, 2.45) is 0 Å². The second-order valence-electron chi connectivity index (χ2n) is 2.71. The van der Waals surface area contributed by atoms with Gasteiger partial charge in [-0.1, -0.05) is 12.1 Å². The van der Waals surface area contributed by atoms with Gasteiger partial charge in [-0.2, -0.15) is 0 Å². The van der Waals surface area contributed by atoms with Crippen molar-refractivity contribution in [2.45, 2.75) is 13.8 Å². The highest BCUT2D eigenvalue weighted by Gasteiger charge is 2.08. The minimum absolute atomic E-state index is 0.0375. The standard InChI is InChI=1S/C10H12O2/c1-7-5-4-6-9(8(2)11)10(7)12-3/h4-6H,1-3H3. The maximum absolute atomic E-state index is 11.1. The molecule has 0 saturated heterocycles. The smallest absolute Gasteiger partial charge is 0.163 e. The van der Waals surface area contributed by atoms with Crippen LogP contribution in [-0.4, -0.2) is 12.9 Å². The Morgan fingerprint density at radius 2 is 2.08 bits per heavy atom. The van der Waals surface area contributed by atoms with E-state index in [-0.39, 0.29) is 5.78 Å². The molecule has 0 aromatic heterocycles. The lowest BCUT2D eigenvalue weighted by Crippen LogP contribution is -1.98. The van der Waals surface area contributed by atoms with E-state index in [4.69, 9.17) is 4.74 Å². The summed E-state index contributed by atoms with van der Waals surface area (Å²) in [4.78, 5) is 11.1. The summed E-state index contributed by atoms with van der Waals surface area (Å²) in [6, 6.07) is 5.55. The van der Waals surface area contributed by atoms with Crippen molar-refractivity contribution in [2.75, 3.05) is 7.11 Å². The molecule has 0 radical (unpaired) electrons. The molecular weight excluding hydrogens is 152 g/mol. The summed E-state index contributed by atoms with van der Waals surface area (Å²) in [7, 11) is 1.58. The molecule has 0 aliphatic carbocycles. The molecule has 12 heavy (non-hydrogen) atoms. The van der Waals surface area contributed by atoms with E-state index in [2.05, 4.69) is 0 Å². The zero-order chi connectivity index (χ0) is 9.14. The van der Waals surface area contributed by atoms with Crippen LogP contribution in [0.5, 0.6) is 5.75 Å². The summed E-state index contributed by atoms with van der Waals surface area (Å²) < 4.78 is 5.12. The van der Waals surface area contributed by atoms with E-state index >= 15 is 0 Å². The molecule has 64 valence electrons. The summed E-state index contributed by atoms with van der Waals surface area (Å²) >= 11 is 0. The summed E-state index contributed by atoms with van der Waals surface area (Å²) in [5.74, 6) is 0.723. The third-order valence-corrected chi connectivity index (χ3v) is 1.80. The molecule has 0 bridgehead atoms. The van der Waals surface area contributed by atoms with E-state index in [0.29, 0.717) is 11.3 Å². The molecule has 0 N–H and O–H groups in total. The molecule has 0 spiro atoms. The molecule has 0 aliphatic heterocycles. The van der Waals surface area contributed by atoms with Gasteiger partial charge >= 0.3 is 0 Å². The molecule has 2 nitrogen and oxygen atoms in total. The zero-order valence-electron chi connectivity index (χ0n) is 7.55. The van der Waals surface area contributed by atoms with Crippen molar-refractivity contribution >= 4 is 5.78 Å². The topological polar surface area (TPSA) is 26.3 Å². The number of rotatable bonds is 2. The van der Waals surface area contributed by atoms with E-state index in [0.717, 1.165) is 5.56 Å². The molecule has 1 aromatic carbocycles. The lowest BCUT2D eigenvalue weighted by molar-refractivity contribution is 0.101. The van der Waals surface area contributed by atoms with Gasteiger partial charge in [0.05, 0.1) is 12.7 Å². The predicted octanol–water partition coefficient (Wildman–Crippen LogP) is 2.21. The first-order valence-electron chi connectivity index (χ1n) is 3.81. The number of aryl methyl sites for hydroxylation is 1. The summed E-state index contributed by atoms with van der Waals surface area (Å²) in [5.41, 5.74) is 1.64. The highest BCUT2D eigenvalue weighted by Crippen LogP contribution is 2.22. The Hall–Kier alpha value is -1.31. The lowest BCUT2D eigenvalue weighted by atomic mass is 10.1. The fourth-order valence-corrected chi connectivity index (χ4v) is 1.20. The SMILES string of the molecule is COc1c(C)cccc1C(C)=O. The van der Waals surface area contributed by atoms with Gasteiger partial charge in [0.15, 0.2) is 5.78 Å². The van der Waals surface area contributed by atoms with Gasteiger partial charge in [-0.15, -0.1) is 0 Å². The monoisotopic (exact) mass is 164 g/mol. The molecule has 0 aliphatic rings. The maximum atomic E-state index is 11.1. The van der Waals surface area contributed by atoms with Gasteiger partial charge in [-0.25, -0.2) is 0 Å². The van der Waals surface area contributed by atoms with Crippen molar-refractivity contribution in [1.29, 1.82) is 0 Å². The number of hydrogen-bond donors (Lipinski definition) is 0. The normalized spacial score (nSPS) is 9.58. The van der Waals surface area contributed by atoms with Gasteiger partial charge in [0.25, 0.3) is 0 Å². The highest BCUT2D eigenvalue weighted by atomic mass is 16.5. The second kappa shape index (κ2) is 3.39. The Morgan fingerprint density at radius 3 is 2.50 bits per heavy atom. The van der Waals surface area contributed by atoms with E-state index in [9.17, 15) is 4.79 Å². The molecule has 0 unspecified atom stereocenters. The van der Waals surface area contributed by atoms with Crippen molar-refractivity contribution in [3.63, 3.8) is 0 Å². The fourth-order valence-electron chi connectivity index (χ4n) is 1.20. The Bertz CT molecular complexity index is 303. The molecule has 1 rings (SSSR count).